The second-order valence-corrected chi connectivity index (χ2v) is 7.89. The molecule has 178 valence electrons. The van der Waals surface area contributed by atoms with Gasteiger partial charge in [-0.05, 0) is 49.7 Å². The van der Waals surface area contributed by atoms with Crippen LogP contribution in [0, 0.1) is 6.92 Å². The summed E-state index contributed by atoms with van der Waals surface area (Å²) in [4.78, 5) is 32.4. The fourth-order valence-electron chi connectivity index (χ4n) is 3.71. The Kier molecular flexibility index (Phi) is 6.42. The number of aromatic nitrogens is 1. The first-order valence-corrected chi connectivity index (χ1v) is 10.6. The average molecular weight is 478 g/mol. The Morgan fingerprint density at radius 2 is 1.66 bits per heavy atom. The number of para-hydroxylation sites is 1. The number of hydrogen-bond donors (Lipinski definition) is 3. The lowest BCUT2D eigenvalue weighted by Gasteiger charge is -2.14. The third kappa shape index (κ3) is 5.24. The van der Waals surface area contributed by atoms with E-state index < -0.39 is 17.8 Å². The molecule has 2 amide bonds. The monoisotopic (exact) mass is 478 g/mol. The molecule has 0 fully saturated rings. The molecular weight excluding hydrogens is 457 g/mol. The number of benzene rings is 2. The molecule has 3 N–H and O–H groups in total. The number of carbonyl (C=O) groups excluding carboxylic acids is 1. The molecule has 1 aliphatic carbocycles. The highest BCUT2D eigenvalue weighted by atomic mass is 19.4. The molecule has 1 aliphatic heterocycles. The highest BCUT2D eigenvalue weighted by Gasteiger charge is 2.33. The first-order valence-electron chi connectivity index (χ1n) is 10.6. The summed E-state index contributed by atoms with van der Waals surface area (Å²) in [5, 5.41) is 4.78. The van der Waals surface area contributed by atoms with E-state index in [0.717, 1.165) is 17.2 Å². The Hall–Kier alpha value is -4.40. The van der Waals surface area contributed by atoms with Gasteiger partial charge in [0.1, 0.15) is 0 Å². The van der Waals surface area contributed by atoms with Crippen LogP contribution < -0.4 is 16.2 Å². The van der Waals surface area contributed by atoms with E-state index in [0.29, 0.717) is 28.3 Å². The van der Waals surface area contributed by atoms with Gasteiger partial charge in [-0.1, -0.05) is 42.5 Å². The van der Waals surface area contributed by atoms with E-state index in [-0.39, 0.29) is 11.2 Å². The second kappa shape index (κ2) is 9.46. The summed E-state index contributed by atoms with van der Waals surface area (Å²) in [6.45, 7) is 3.54. The summed E-state index contributed by atoms with van der Waals surface area (Å²) in [6.07, 6.45) is -4.60. The maximum absolute atomic E-state index is 13.2. The van der Waals surface area contributed by atoms with Crippen LogP contribution in [0.1, 0.15) is 23.6 Å². The van der Waals surface area contributed by atoms with Gasteiger partial charge in [-0.2, -0.15) is 13.2 Å². The highest BCUT2D eigenvalue weighted by Crippen LogP contribution is 2.34. The molecule has 0 spiro atoms. The number of alkyl halides is 3. The van der Waals surface area contributed by atoms with Gasteiger partial charge in [0.2, 0.25) is 0 Å². The Bertz CT molecular complexity index is 1460. The second-order valence-electron chi connectivity index (χ2n) is 7.89. The lowest BCUT2D eigenvalue weighted by atomic mass is 10.1. The summed E-state index contributed by atoms with van der Waals surface area (Å²) in [6, 6.07) is 18.0. The van der Waals surface area contributed by atoms with Crippen LogP contribution in [0.2, 0.25) is 0 Å². The topological polar surface area (TPSA) is 86.3 Å². The van der Waals surface area contributed by atoms with Gasteiger partial charge < -0.3 is 15.6 Å². The number of aryl methyl sites for hydroxylation is 1. The van der Waals surface area contributed by atoms with Crippen LogP contribution in [-0.4, -0.2) is 16.7 Å². The number of carbonyl (C=O) groups is 1. The van der Waals surface area contributed by atoms with Gasteiger partial charge in [-0.3, -0.25) is 9.79 Å². The van der Waals surface area contributed by atoms with Gasteiger partial charge in [-0.25, -0.2) is 4.79 Å². The number of aliphatic imine (C=N–C) groups is 1. The number of anilines is 2. The van der Waals surface area contributed by atoms with Crippen LogP contribution in [0.3, 0.4) is 0 Å². The number of rotatable bonds is 4. The number of aromatic amines is 1. The van der Waals surface area contributed by atoms with E-state index >= 15 is 0 Å². The standard InChI is InChI=1S/C26H21F3N4O2/c1-15-12-13-17(31-25(35)33-21-11-7-6-9-19(21)26(27,28)29)14-22(15)30-16(2)23-18-8-4-3-5-10-20(18)32-24(23)34/h3-14H,1-2H3,(H,32,34)(H2,31,33,35). The first-order chi connectivity index (χ1) is 16.6. The first kappa shape index (κ1) is 23.7. The predicted molar refractivity (Wildman–Crippen MR) is 131 cm³/mol. The molecule has 0 radical (unpaired) electrons. The Morgan fingerprint density at radius 3 is 2.43 bits per heavy atom. The summed E-state index contributed by atoms with van der Waals surface area (Å²) >= 11 is 0. The van der Waals surface area contributed by atoms with Gasteiger partial charge in [0, 0.05) is 16.9 Å². The smallest absolute Gasteiger partial charge is 0.321 e. The zero-order valence-electron chi connectivity index (χ0n) is 18.8. The van der Waals surface area contributed by atoms with E-state index in [2.05, 4.69) is 20.6 Å². The number of nitrogens with zero attached hydrogens (tertiary/aromatic N) is 1. The molecule has 2 aromatic carbocycles. The van der Waals surface area contributed by atoms with Crippen LogP contribution in [0.4, 0.5) is 35.0 Å². The van der Waals surface area contributed by atoms with E-state index in [4.69, 9.17) is 0 Å². The molecule has 2 aliphatic rings. The van der Waals surface area contributed by atoms with Crippen molar-refractivity contribution in [1.82, 2.24) is 4.98 Å². The normalized spacial score (nSPS) is 12.0. The number of urea groups is 1. The number of fused-ring (bicyclic) bond motifs is 1. The van der Waals surface area contributed by atoms with Gasteiger partial charge in [-0.15, -0.1) is 0 Å². The molecule has 2 aromatic rings. The number of amides is 2. The van der Waals surface area contributed by atoms with Crippen molar-refractivity contribution in [3.8, 4) is 11.3 Å². The molecule has 0 bridgehead atoms. The molecule has 1 heterocycles. The quantitative estimate of drug-likeness (QED) is 0.289. The summed E-state index contributed by atoms with van der Waals surface area (Å²) in [5.41, 5.74) is 2.41. The molecule has 4 rings (SSSR count). The molecule has 0 aromatic heterocycles. The molecule has 6 nitrogen and oxygen atoms in total. The maximum Gasteiger partial charge on any atom is 0.418 e. The molecular formula is C26H21F3N4O2. The molecule has 35 heavy (non-hydrogen) atoms. The fraction of sp³-hybridized carbons (Fsp3) is 0.115. The minimum absolute atomic E-state index is 0.262. The minimum atomic E-state index is -4.60. The molecule has 0 saturated carbocycles. The Labute approximate surface area is 198 Å². The van der Waals surface area contributed by atoms with Crippen molar-refractivity contribution in [3.63, 3.8) is 0 Å². The van der Waals surface area contributed by atoms with Crippen LogP contribution in [-0.2, 0) is 6.18 Å². The zero-order valence-corrected chi connectivity index (χ0v) is 18.8. The van der Waals surface area contributed by atoms with E-state index in [1.54, 1.807) is 31.2 Å². The minimum Gasteiger partial charge on any atom is -0.321 e. The maximum atomic E-state index is 13.2. The summed E-state index contributed by atoms with van der Waals surface area (Å²) in [7, 11) is 0. The van der Waals surface area contributed by atoms with Crippen molar-refractivity contribution in [2.45, 2.75) is 20.0 Å². The van der Waals surface area contributed by atoms with Crippen LogP contribution in [0.25, 0.3) is 11.3 Å². The fourth-order valence-corrected chi connectivity index (χ4v) is 3.71. The lowest BCUT2D eigenvalue weighted by molar-refractivity contribution is -0.136. The largest absolute Gasteiger partial charge is 0.418 e. The Balaban J connectivity index is 1.59. The van der Waals surface area contributed by atoms with Gasteiger partial charge in [0.15, 0.2) is 0 Å². The van der Waals surface area contributed by atoms with E-state index in [9.17, 15) is 22.8 Å². The number of halogens is 3. The summed E-state index contributed by atoms with van der Waals surface area (Å²) < 4.78 is 39.6. The van der Waals surface area contributed by atoms with Crippen molar-refractivity contribution in [2.75, 3.05) is 10.6 Å². The third-order valence-electron chi connectivity index (χ3n) is 5.38. The molecule has 9 heteroatoms. The Morgan fingerprint density at radius 1 is 0.943 bits per heavy atom. The van der Waals surface area contributed by atoms with Crippen LogP contribution >= 0.6 is 0 Å². The molecule has 0 saturated heterocycles. The van der Waals surface area contributed by atoms with Crippen molar-refractivity contribution in [3.05, 3.63) is 99.8 Å². The van der Waals surface area contributed by atoms with Crippen molar-refractivity contribution < 1.29 is 18.0 Å². The van der Waals surface area contributed by atoms with Gasteiger partial charge in [0.05, 0.1) is 28.2 Å². The van der Waals surface area contributed by atoms with Crippen molar-refractivity contribution in [2.24, 2.45) is 4.99 Å². The number of hydrogen-bond acceptors (Lipinski definition) is 3. The predicted octanol–water partition coefficient (Wildman–Crippen LogP) is 6.59. The molecule has 0 unspecified atom stereocenters. The van der Waals surface area contributed by atoms with Gasteiger partial charge in [0.25, 0.3) is 5.56 Å². The number of nitrogens with one attached hydrogen (secondary N) is 3. The zero-order chi connectivity index (χ0) is 25.2. The average Bonchev–Trinajstić information content (AvgIpc) is 2.94. The number of H-pyrrole nitrogens is 1. The van der Waals surface area contributed by atoms with Crippen molar-refractivity contribution in [1.29, 1.82) is 0 Å². The highest BCUT2D eigenvalue weighted by molar-refractivity contribution is 6.06. The van der Waals surface area contributed by atoms with Gasteiger partial charge >= 0.3 is 12.2 Å². The molecule has 0 atom stereocenters. The van der Waals surface area contributed by atoms with Crippen LogP contribution in [0.5, 0.6) is 0 Å². The SMILES string of the molecule is CC(=Nc1cc(NC(=O)Nc2ccccc2C(F)(F)F)ccc1C)c1c2cccccc-2[nH]c1=O. The lowest BCUT2D eigenvalue weighted by Crippen LogP contribution is -2.21. The van der Waals surface area contributed by atoms with E-state index in [1.165, 1.54) is 18.2 Å². The van der Waals surface area contributed by atoms with Crippen molar-refractivity contribution >= 4 is 28.8 Å². The van der Waals surface area contributed by atoms with Crippen LogP contribution in [0.15, 0.2) is 82.6 Å². The third-order valence-corrected chi connectivity index (χ3v) is 5.38. The summed E-state index contributed by atoms with van der Waals surface area (Å²) in [5.74, 6) is 0. The van der Waals surface area contributed by atoms with E-state index in [1.807, 2.05) is 31.2 Å².